The Balaban J connectivity index is 1.85. The number of hydrogen-bond donors (Lipinski definition) is 0. The zero-order valence-corrected chi connectivity index (χ0v) is 19.8. The van der Waals surface area contributed by atoms with Gasteiger partial charge >= 0.3 is 0 Å². The van der Waals surface area contributed by atoms with Gasteiger partial charge in [0.2, 0.25) is 26.6 Å². The largest absolute Gasteiger partial charge is 0.419 e. The third kappa shape index (κ3) is 4.15. The van der Waals surface area contributed by atoms with Crippen LogP contribution in [0.25, 0.3) is 11.5 Å². The van der Waals surface area contributed by atoms with Crippen molar-refractivity contribution in [2.45, 2.75) is 29.7 Å². The molecule has 0 aliphatic carbocycles. The Bertz CT molecular complexity index is 1120. The van der Waals surface area contributed by atoms with Crippen molar-refractivity contribution in [1.82, 2.24) is 4.98 Å². The van der Waals surface area contributed by atoms with Crippen LogP contribution in [0.2, 0.25) is 0 Å². The van der Waals surface area contributed by atoms with Crippen LogP contribution in [0.5, 0.6) is 0 Å². The number of anilines is 1. The number of benzene rings is 2. The quantitative estimate of drug-likeness (QED) is 0.410. The second-order valence-electron chi connectivity index (χ2n) is 7.24. The number of rotatable bonds is 4. The lowest BCUT2D eigenvalue weighted by Gasteiger charge is -2.30. The number of nitrogens with zero attached hydrogens (tertiary/aromatic N) is 2. The molecule has 1 saturated heterocycles. The van der Waals surface area contributed by atoms with E-state index in [1.54, 1.807) is 24.3 Å². The van der Waals surface area contributed by atoms with Crippen LogP contribution in [-0.2, 0) is 9.84 Å². The highest BCUT2D eigenvalue weighted by atomic mass is 79.9. The number of hydrogen-bond acceptors (Lipinski definition) is 5. The van der Waals surface area contributed by atoms with Crippen LogP contribution in [0.4, 0.5) is 5.88 Å². The summed E-state index contributed by atoms with van der Waals surface area (Å²) in [6.07, 6.45) is 1.98. The van der Waals surface area contributed by atoms with E-state index in [4.69, 9.17) is 4.42 Å². The monoisotopic (exact) mass is 538 g/mol. The van der Waals surface area contributed by atoms with E-state index in [0.717, 1.165) is 40.4 Å². The molecule has 2 heterocycles. The Labute approximate surface area is 187 Å². The Morgan fingerprint density at radius 3 is 2.34 bits per heavy atom. The lowest BCUT2D eigenvalue weighted by atomic mass is 9.99. The van der Waals surface area contributed by atoms with Crippen molar-refractivity contribution in [3.05, 3.63) is 57.5 Å². The van der Waals surface area contributed by atoms with Crippen molar-refractivity contribution >= 4 is 47.6 Å². The van der Waals surface area contributed by atoms with E-state index in [2.05, 4.69) is 43.8 Å². The average Bonchev–Trinajstić information content (AvgIpc) is 3.15. The number of piperidine rings is 1. The highest BCUT2D eigenvalue weighted by molar-refractivity contribution is 9.10. The van der Waals surface area contributed by atoms with Crippen molar-refractivity contribution in [3.63, 3.8) is 0 Å². The summed E-state index contributed by atoms with van der Waals surface area (Å²) >= 11 is 6.86. The molecule has 2 aromatic carbocycles. The maximum atomic E-state index is 13.4. The van der Waals surface area contributed by atoms with Crippen molar-refractivity contribution in [2.75, 3.05) is 18.0 Å². The molecule has 0 atom stereocenters. The summed E-state index contributed by atoms with van der Waals surface area (Å²) in [4.78, 5) is 6.66. The van der Waals surface area contributed by atoms with Gasteiger partial charge in [0.25, 0.3) is 0 Å². The molecule has 0 spiro atoms. The normalized spacial score (nSPS) is 15.6. The van der Waals surface area contributed by atoms with Crippen LogP contribution in [0, 0.1) is 5.92 Å². The minimum Gasteiger partial charge on any atom is -0.419 e. The number of aromatic nitrogens is 1. The Hall–Kier alpha value is -1.64. The summed E-state index contributed by atoms with van der Waals surface area (Å²) in [5.74, 6) is 1.23. The molecule has 8 heteroatoms. The van der Waals surface area contributed by atoms with Crippen LogP contribution in [-0.4, -0.2) is 26.5 Å². The molecule has 3 aromatic rings. The van der Waals surface area contributed by atoms with Gasteiger partial charge in [-0.05, 0) is 71.1 Å². The molecule has 0 saturated carbocycles. The summed E-state index contributed by atoms with van der Waals surface area (Å²) < 4.78 is 34.6. The minimum atomic E-state index is -3.83. The average molecular weight is 540 g/mol. The SMILES string of the molecule is CC1CCN(c2oc(-c3ccccc3Br)nc2S(=O)(=O)c2ccc(Br)cc2)CC1. The van der Waals surface area contributed by atoms with Gasteiger partial charge in [-0.2, -0.15) is 4.98 Å². The first-order valence-electron chi connectivity index (χ1n) is 9.37. The molecule has 0 amide bonds. The zero-order valence-electron chi connectivity index (χ0n) is 15.8. The van der Waals surface area contributed by atoms with E-state index < -0.39 is 9.84 Å². The summed E-state index contributed by atoms with van der Waals surface area (Å²) in [6.45, 7) is 3.70. The zero-order chi connectivity index (χ0) is 20.6. The molecular formula is C21H20Br2N2O3S. The van der Waals surface area contributed by atoms with Crippen LogP contribution < -0.4 is 4.90 Å². The Morgan fingerprint density at radius 1 is 1.03 bits per heavy atom. The number of sulfone groups is 1. The second kappa shape index (κ2) is 8.24. The maximum absolute atomic E-state index is 13.4. The smallest absolute Gasteiger partial charge is 0.236 e. The van der Waals surface area contributed by atoms with Gasteiger partial charge in [-0.1, -0.05) is 35.0 Å². The molecule has 0 N–H and O–H groups in total. The van der Waals surface area contributed by atoms with Crippen LogP contribution in [0.1, 0.15) is 19.8 Å². The van der Waals surface area contributed by atoms with Gasteiger partial charge < -0.3 is 9.32 Å². The second-order valence-corrected chi connectivity index (χ2v) is 10.9. The highest BCUT2D eigenvalue weighted by Crippen LogP contribution is 2.38. The third-order valence-electron chi connectivity index (χ3n) is 5.13. The Morgan fingerprint density at radius 2 is 1.69 bits per heavy atom. The van der Waals surface area contributed by atoms with E-state index in [0.29, 0.717) is 17.7 Å². The fourth-order valence-corrected chi connectivity index (χ4v) is 5.40. The first-order valence-corrected chi connectivity index (χ1v) is 12.4. The van der Waals surface area contributed by atoms with Gasteiger partial charge in [0.15, 0.2) is 0 Å². The molecule has 1 fully saturated rings. The maximum Gasteiger partial charge on any atom is 0.236 e. The van der Waals surface area contributed by atoms with Gasteiger partial charge in [-0.3, -0.25) is 0 Å². The topological polar surface area (TPSA) is 63.4 Å². The van der Waals surface area contributed by atoms with Crippen molar-refractivity contribution in [2.24, 2.45) is 5.92 Å². The summed E-state index contributed by atoms with van der Waals surface area (Å²) in [5.41, 5.74) is 0.719. The van der Waals surface area contributed by atoms with E-state index >= 15 is 0 Å². The Kier molecular flexibility index (Phi) is 5.86. The van der Waals surface area contributed by atoms with Gasteiger partial charge in [0.1, 0.15) is 0 Å². The predicted octanol–water partition coefficient (Wildman–Crippen LogP) is 5.94. The molecule has 4 rings (SSSR count). The van der Waals surface area contributed by atoms with Gasteiger partial charge in [-0.25, -0.2) is 8.42 Å². The number of halogens is 2. The van der Waals surface area contributed by atoms with E-state index in [-0.39, 0.29) is 9.92 Å². The highest BCUT2D eigenvalue weighted by Gasteiger charge is 2.33. The molecule has 1 aromatic heterocycles. The molecule has 0 bridgehead atoms. The van der Waals surface area contributed by atoms with Crippen molar-refractivity contribution in [1.29, 1.82) is 0 Å². The fraction of sp³-hybridized carbons (Fsp3) is 0.286. The summed E-state index contributed by atoms with van der Waals surface area (Å²) in [5, 5.41) is -0.0277. The molecule has 0 radical (unpaired) electrons. The first kappa shape index (κ1) is 20.6. The van der Waals surface area contributed by atoms with E-state index in [1.807, 2.05) is 29.2 Å². The molecule has 152 valence electrons. The lowest BCUT2D eigenvalue weighted by Crippen LogP contribution is -2.33. The van der Waals surface area contributed by atoms with Gasteiger partial charge in [-0.15, -0.1) is 0 Å². The first-order chi connectivity index (χ1) is 13.9. The lowest BCUT2D eigenvalue weighted by molar-refractivity contribution is 0.415. The van der Waals surface area contributed by atoms with Crippen molar-refractivity contribution in [3.8, 4) is 11.5 Å². The summed E-state index contributed by atoms with van der Waals surface area (Å²) in [7, 11) is -3.83. The molecular weight excluding hydrogens is 520 g/mol. The minimum absolute atomic E-state index is 0.0277. The van der Waals surface area contributed by atoms with E-state index in [9.17, 15) is 8.42 Å². The van der Waals surface area contributed by atoms with Gasteiger partial charge in [0, 0.05) is 22.0 Å². The molecule has 5 nitrogen and oxygen atoms in total. The van der Waals surface area contributed by atoms with Crippen molar-refractivity contribution < 1.29 is 12.8 Å². The third-order valence-corrected chi connectivity index (χ3v) is 8.02. The van der Waals surface area contributed by atoms with Crippen LogP contribution in [0.15, 0.2) is 71.8 Å². The van der Waals surface area contributed by atoms with Crippen LogP contribution >= 0.6 is 31.9 Å². The van der Waals surface area contributed by atoms with Crippen LogP contribution in [0.3, 0.4) is 0 Å². The summed E-state index contributed by atoms with van der Waals surface area (Å²) in [6, 6.07) is 14.1. The predicted molar refractivity (Wildman–Crippen MR) is 120 cm³/mol. The molecule has 1 aliphatic rings. The van der Waals surface area contributed by atoms with E-state index in [1.165, 1.54) is 0 Å². The number of oxazole rings is 1. The fourth-order valence-electron chi connectivity index (χ4n) is 3.36. The van der Waals surface area contributed by atoms with Gasteiger partial charge in [0.05, 0.1) is 10.5 Å². The standard InChI is InChI=1S/C21H20Br2N2O3S/c1-14-10-12-25(13-11-14)21-20(29(26,27)16-8-6-15(22)7-9-16)24-19(28-21)17-4-2-3-5-18(17)23/h2-9,14H,10-13H2,1H3. The molecule has 1 aliphatic heterocycles. The molecule has 0 unspecified atom stereocenters. The molecule has 29 heavy (non-hydrogen) atoms.